The Kier molecular flexibility index (Phi) is 7.90. The fourth-order valence-electron chi connectivity index (χ4n) is 4.00. The average molecular weight is 467 g/mol. The molecule has 176 valence electrons. The minimum absolute atomic E-state index is 0.678. The monoisotopic (exact) mass is 466 g/mol. The smallest absolute Gasteiger partial charge is 0.132 e. The first-order valence-electron chi connectivity index (χ1n) is 11.9. The second-order valence-corrected chi connectivity index (χ2v) is 8.40. The molecule has 0 fully saturated rings. The number of benzene rings is 4. The van der Waals surface area contributed by atoms with Gasteiger partial charge in [0.2, 0.25) is 0 Å². The lowest BCUT2D eigenvalue weighted by atomic mass is 9.95. The minimum Gasteiger partial charge on any atom is -0.340 e. The number of hydrogen-bond donors (Lipinski definition) is 1. The topological polar surface area (TPSA) is 24.4 Å². The zero-order valence-electron chi connectivity index (χ0n) is 20.6. The van der Waals surface area contributed by atoms with Crippen molar-refractivity contribution < 1.29 is 0 Å². The maximum Gasteiger partial charge on any atom is 0.132 e. The molecule has 0 heterocycles. The first-order chi connectivity index (χ1) is 17.6. The van der Waals surface area contributed by atoms with Crippen LogP contribution in [0.3, 0.4) is 0 Å². The van der Waals surface area contributed by atoms with Crippen molar-refractivity contribution in [2.24, 2.45) is 4.99 Å². The third-order valence-corrected chi connectivity index (χ3v) is 5.96. The van der Waals surface area contributed by atoms with Crippen LogP contribution in [0.2, 0.25) is 0 Å². The predicted octanol–water partition coefficient (Wildman–Crippen LogP) is 8.33. The van der Waals surface area contributed by atoms with Gasteiger partial charge >= 0.3 is 0 Å². The van der Waals surface area contributed by atoms with E-state index in [-0.39, 0.29) is 0 Å². The van der Waals surface area contributed by atoms with Gasteiger partial charge in [0.15, 0.2) is 0 Å². The summed E-state index contributed by atoms with van der Waals surface area (Å²) in [6.45, 7) is 12.4. The molecule has 4 aromatic rings. The molecule has 36 heavy (non-hydrogen) atoms. The first-order valence-corrected chi connectivity index (χ1v) is 11.9. The van der Waals surface area contributed by atoms with Crippen molar-refractivity contribution in [1.82, 2.24) is 5.32 Å². The van der Waals surface area contributed by atoms with Gasteiger partial charge in [0.1, 0.15) is 5.84 Å². The number of hydrogen-bond acceptors (Lipinski definition) is 1. The Balaban J connectivity index is 1.67. The van der Waals surface area contributed by atoms with Crippen LogP contribution in [0.5, 0.6) is 0 Å². The third-order valence-electron chi connectivity index (χ3n) is 5.96. The Hall–Kier alpha value is -4.69. The van der Waals surface area contributed by atoms with Gasteiger partial charge in [0, 0.05) is 18.3 Å². The molecule has 0 aliphatic heterocycles. The fourth-order valence-corrected chi connectivity index (χ4v) is 4.00. The molecule has 4 rings (SSSR count). The van der Waals surface area contributed by atoms with E-state index in [1.54, 1.807) is 7.05 Å². The molecule has 4 aromatic carbocycles. The Morgan fingerprint density at radius 1 is 0.667 bits per heavy atom. The van der Waals surface area contributed by atoms with Crippen molar-refractivity contribution in [2.45, 2.75) is 0 Å². The maximum absolute atomic E-state index is 4.57. The van der Waals surface area contributed by atoms with Gasteiger partial charge in [-0.1, -0.05) is 117 Å². The second-order valence-electron chi connectivity index (χ2n) is 8.40. The van der Waals surface area contributed by atoms with E-state index in [0.29, 0.717) is 5.70 Å². The Morgan fingerprint density at radius 3 is 1.64 bits per heavy atom. The molecule has 2 nitrogen and oxygen atoms in total. The lowest BCUT2D eigenvalue weighted by Gasteiger charge is -2.16. The number of amidine groups is 1. The molecule has 0 bridgehead atoms. The first kappa shape index (κ1) is 24.4. The highest BCUT2D eigenvalue weighted by atomic mass is 15.0. The Bertz CT molecular complexity index is 1370. The van der Waals surface area contributed by atoms with E-state index in [1.165, 1.54) is 0 Å². The molecule has 0 unspecified atom stereocenters. The number of rotatable bonds is 8. The molecule has 0 aliphatic rings. The number of nitrogens with zero attached hydrogens (tertiary/aromatic N) is 1. The molecule has 0 aliphatic carbocycles. The Morgan fingerprint density at radius 2 is 1.17 bits per heavy atom. The predicted molar refractivity (Wildman–Crippen MR) is 156 cm³/mol. The van der Waals surface area contributed by atoms with E-state index in [0.717, 1.165) is 50.4 Å². The highest BCUT2D eigenvalue weighted by Crippen LogP contribution is 2.29. The van der Waals surface area contributed by atoms with Gasteiger partial charge in [-0.3, -0.25) is 4.99 Å². The lowest BCUT2D eigenvalue weighted by Crippen LogP contribution is -2.24. The molecule has 0 amide bonds. The SMILES string of the molecule is C=C/C(=C\C(=C)C(=C)NC(=NC)c1cc(-c2ccccc2)cc(-c2ccccc2)c1)c1ccccc1. The van der Waals surface area contributed by atoms with Gasteiger partial charge in [0.05, 0.1) is 0 Å². The van der Waals surface area contributed by atoms with Crippen molar-refractivity contribution in [3.8, 4) is 22.3 Å². The molecule has 0 spiro atoms. The van der Waals surface area contributed by atoms with Gasteiger partial charge in [-0.2, -0.15) is 0 Å². The van der Waals surface area contributed by atoms with Crippen LogP contribution in [0.25, 0.3) is 27.8 Å². The van der Waals surface area contributed by atoms with E-state index >= 15 is 0 Å². The van der Waals surface area contributed by atoms with Gasteiger partial charge in [-0.05, 0) is 63.2 Å². The summed E-state index contributed by atoms with van der Waals surface area (Å²) in [5.74, 6) is 0.726. The summed E-state index contributed by atoms with van der Waals surface area (Å²) in [7, 11) is 1.78. The summed E-state index contributed by atoms with van der Waals surface area (Å²) >= 11 is 0. The zero-order valence-corrected chi connectivity index (χ0v) is 20.6. The zero-order chi connectivity index (χ0) is 25.3. The van der Waals surface area contributed by atoms with Crippen LogP contribution < -0.4 is 5.32 Å². The van der Waals surface area contributed by atoms with E-state index in [4.69, 9.17) is 0 Å². The van der Waals surface area contributed by atoms with Crippen LogP contribution in [0.4, 0.5) is 0 Å². The van der Waals surface area contributed by atoms with Gasteiger partial charge in [-0.25, -0.2) is 0 Å². The van der Waals surface area contributed by atoms with E-state index < -0.39 is 0 Å². The highest BCUT2D eigenvalue weighted by Gasteiger charge is 2.11. The van der Waals surface area contributed by atoms with Gasteiger partial charge in [0.25, 0.3) is 0 Å². The standard InChI is InChI=1S/C34H30N2/c1-5-27(28-15-9-6-10-16-28)21-25(2)26(3)36-34(35-4)33-23-31(29-17-11-7-12-18-29)22-32(24-33)30-19-13-8-14-20-30/h5-24H,1-3H2,4H3,(H,35,36)/b27-21+. The lowest BCUT2D eigenvalue weighted by molar-refractivity contribution is 1.14. The average Bonchev–Trinajstić information content (AvgIpc) is 2.95. The van der Waals surface area contributed by atoms with E-state index in [9.17, 15) is 0 Å². The summed E-state index contributed by atoms with van der Waals surface area (Å²) in [6.07, 6.45) is 3.82. The van der Waals surface area contributed by atoms with Gasteiger partial charge < -0.3 is 5.32 Å². The maximum atomic E-state index is 4.57. The van der Waals surface area contributed by atoms with Gasteiger partial charge in [-0.15, -0.1) is 0 Å². The van der Waals surface area contributed by atoms with Crippen molar-refractivity contribution in [2.75, 3.05) is 7.05 Å². The summed E-state index contributed by atoms with van der Waals surface area (Å²) < 4.78 is 0. The van der Waals surface area contributed by atoms with Crippen LogP contribution in [0.1, 0.15) is 11.1 Å². The van der Waals surface area contributed by atoms with Crippen LogP contribution >= 0.6 is 0 Å². The molecule has 0 saturated carbocycles. The number of allylic oxidation sites excluding steroid dienone is 3. The molecule has 1 N–H and O–H groups in total. The van der Waals surface area contributed by atoms with Crippen LogP contribution in [0, 0.1) is 0 Å². The largest absolute Gasteiger partial charge is 0.340 e. The van der Waals surface area contributed by atoms with Crippen molar-refractivity contribution in [1.29, 1.82) is 0 Å². The molecule has 0 atom stereocenters. The van der Waals surface area contributed by atoms with Crippen molar-refractivity contribution in [3.63, 3.8) is 0 Å². The molecular formula is C34H30N2. The fraction of sp³-hybridized carbons (Fsp3) is 0.0294. The summed E-state index contributed by atoms with van der Waals surface area (Å²) in [5.41, 5.74) is 9.02. The molecular weight excluding hydrogens is 436 g/mol. The van der Waals surface area contributed by atoms with Crippen LogP contribution in [-0.2, 0) is 0 Å². The van der Waals surface area contributed by atoms with E-state index in [2.05, 4.69) is 109 Å². The number of nitrogens with one attached hydrogen (secondary N) is 1. The quantitative estimate of drug-likeness (QED) is 0.158. The van der Waals surface area contributed by atoms with Crippen LogP contribution in [0.15, 0.2) is 157 Å². The molecule has 0 saturated heterocycles. The van der Waals surface area contributed by atoms with Crippen molar-refractivity contribution >= 4 is 11.4 Å². The Labute approximate surface area is 214 Å². The molecule has 2 heteroatoms. The van der Waals surface area contributed by atoms with E-state index in [1.807, 2.05) is 42.5 Å². The summed E-state index contributed by atoms with van der Waals surface area (Å²) in [6, 6.07) is 37.4. The second kappa shape index (κ2) is 11.6. The summed E-state index contributed by atoms with van der Waals surface area (Å²) in [5, 5.41) is 3.40. The summed E-state index contributed by atoms with van der Waals surface area (Å²) in [4.78, 5) is 4.57. The molecule has 0 radical (unpaired) electrons. The number of aliphatic imine (C=N–C) groups is 1. The van der Waals surface area contributed by atoms with Crippen molar-refractivity contribution in [3.05, 3.63) is 163 Å². The molecule has 0 aromatic heterocycles. The third kappa shape index (κ3) is 5.86. The normalized spacial score (nSPS) is 11.6. The highest BCUT2D eigenvalue weighted by molar-refractivity contribution is 6.02. The van der Waals surface area contributed by atoms with Crippen LogP contribution in [-0.4, -0.2) is 12.9 Å². The minimum atomic E-state index is 0.678.